The second-order valence-electron chi connectivity index (χ2n) is 4.51. The van der Waals surface area contributed by atoms with Gasteiger partial charge in [0.25, 0.3) is 0 Å². The van der Waals surface area contributed by atoms with Crippen molar-refractivity contribution in [3.8, 4) is 0 Å². The van der Waals surface area contributed by atoms with Crippen LogP contribution in [-0.2, 0) is 4.79 Å². The molecule has 0 aliphatic heterocycles. The topological polar surface area (TPSA) is 41.1 Å². The summed E-state index contributed by atoms with van der Waals surface area (Å²) in [6.45, 7) is 5.21. The number of carbonyl (C=O) groups is 1. The van der Waals surface area contributed by atoms with Gasteiger partial charge in [0.05, 0.1) is 17.3 Å². The van der Waals surface area contributed by atoms with E-state index in [0.717, 1.165) is 16.6 Å². The Morgan fingerprint density at radius 1 is 1.44 bits per heavy atom. The lowest BCUT2D eigenvalue weighted by Gasteiger charge is -2.10. The standard InChI is InChI=1S/C13H18BrClN2O/c1-9(2)5-6-16-13(18)8-17-12-4-3-10(14)7-11(12)15/h3-4,7,9,17H,5-6,8H2,1-2H3,(H,16,18). The Bertz CT molecular complexity index is 410. The average Bonchev–Trinajstić information content (AvgIpc) is 2.27. The quantitative estimate of drug-likeness (QED) is 0.834. The molecule has 0 saturated heterocycles. The fraction of sp³-hybridized carbons (Fsp3) is 0.462. The Morgan fingerprint density at radius 3 is 2.78 bits per heavy atom. The van der Waals surface area contributed by atoms with Crippen LogP contribution in [0.5, 0.6) is 0 Å². The summed E-state index contributed by atoms with van der Waals surface area (Å²) >= 11 is 9.37. The lowest BCUT2D eigenvalue weighted by Crippen LogP contribution is -2.31. The van der Waals surface area contributed by atoms with E-state index in [1.54, 1.807) is 6.07 Å². The average molecular weight is 334 g/mol. The van der Waals surface area contributed by atoms with E-state index in [4.69, 9.17) is 11.6 Å². The Kier molecular flexibility index (Phi) is 6.50. The maximum Gasteiger partial charge on any atom is 0.239 e. The van der Waals surface area contributed by atoms with E-state index in [2.05, 4.69) is 40.4 Å². The summed E-state index contributed by atoms with van der Waals surface area (Å²) in [6, 6.07) is 5.51. The van der Waals surface area contributed by atoms with Crippen molar-refractivity contribution in [1.29, 1.82) is 0 Å². The molecule has 0 atom stereocenters. The Hall–Kier alpha value is -0.740. The van der Waals surface area contributed by atoms with E-state index >= 15 is 0 Å². The number of amides is 1. The van der Waals surface area contributed by atoms with Crippen LogP contribution < -0.4 is 10.6 Å². The van der Waals surface area contributed by atoms with Crippen molar-refractivity contribution >= 4 is 39.1 Å². The van der Waals surface area contributed by atoms with E-state index < -0.39 is 0 Å². The molecule has 18 heavy (non-hydrogen) atoms. The third-order valence-corrected chi connectivity index (χ3v) is 3.22. The highest BCUT2D eigenvalue weighted by molar-refractivity contribution is 9.10. The number of hydrogen-bond donors (Lipinski definition) is 2. The zero-order chi connectivity index (χ0) is 13.5. The molecule has 5 heteroatoms. The molecule has 0 radical (unpaired) electrons. The van der Waals surface area contributed by atoms with Gasteiger partial charge in [0.15, 0.2) is 0 Å². The highest BCUT2D eigenvalue weighted by Gasteiger charge is 2.04. The van der Waals surface area contributed by atoms with E-state index in [-0.39, 0.29) is 12.5 Å². The molecule has 0 fully saturated rings. The normalized spacial score (nSPS) is 10.5. The lowest BCUT2D eigenvalue weighted by molar-refractivity contribution is -0.119. The van der Waals surface area contributed by atoms with Gasteiger partial charge in [-0.25, -0.2) is 0 Å². The van der Waals surface area contributed by atoms with Crippen molar-refractivity contribution in [2.24, 2.45) is 5.92 Å². The second-order valence-corrected chi connectivity index (χ2v) is 5.83. The molecule has 3 nitrogen and oxygen atoms in total. The molecule has 0 aliphatic carbocycles. The van der Waals surface area contributed by atoms with E-state index in [9.17, 15) is 4.79 Å². The number of hydrogen-bond acceptors (Lipinski definition) is 2. The zero-order valence-electron chi connectivity index (χ0n) is 10.6. The van der Waals surface area contributed by atoms with Crippen LogP contribution >= 0.6 is 27.5 Å². The summed E-state index contributed by atoms with van der Waals surface area (Å²) in [5, 5.41) is 6.47. The lowest BCUT2D eigenvalue weighted by atomic mass is 10.1. The Balaban J connectivity index is 2.33. The summed E-state index contributed by atoms with van der Waals surface area (Å²) in [4.78, 5) is 11.6. The molecular weight excluding hydrogens is 316 g/mol. The highest BCUT2D eigenvalue weighted by Crippen LogP contribution is 2.25. The number of carbonyl (C=O) groups excluding carboxylic acids is 1. The smallest absolute Gasteiger partial charge is 0.239 e. The number of anilines is 1. The largest absolute Gasteiger partial charge is 0.375 e. The molecular formula is C13H18BrClN2O. The molecule has 0 aliphatic rings. The first kappa shape index (κ1) is 15.3. The van der Waals surface area contributed by atoms with Gasteiger partial charge >= 0.3 is 0 Å². The molecule has 100 valence electrons. The van der Waals surface area contributed by atoms with E-state index in [1.165, 1.54) is 0 Å². The number of nitrogens with one attached hydrogen (secondary N) is 2. The Morgan fingerprint density at radius 2 is 2.17 bits per heavy atom. The van der Waals surface area contributed by atoms with Crippen molar-refractivity contribution in [1.82, 2.24) is 5.32 Å². The van der Waals surface area contributed by atoms with E-state index in [1.807, 2.05) is 12.1 Å². The molecule has 0 aromatic heterocycles. The fourth-order valence-electron chi connectivity index (χ4n) is 1.37. The van der Waals surface area contributed by atoms with Crippen LogP contribution in [0.3, 0.4) is 0 Å². The van der Waals surface area contributed by atoms with Crippen molar-refractivity contribution in [3.05, 3.63) is 27.7 Å². The first-order chi connectivity index (χ1) is 8.49. The van der Waals surface area contributed by atoms with Gasteiger partial charge in [-0.1, -0.05) is 41.4 Å². The maximum absolute atomic E-state index is 11.6. The van der Waals surface area contributed by atoms with Crippen molar-refractivity contribution < 1.29 is 4.79 Å². The van der Waals surface area contributed by atoms with Gasteiger partial charge in [0.1, 0.15) is 0 Å². The minimum absolute atomic E-state index is 0.0189. The molecule has 1 aromatic rings. The predicted octanol–water partition coefficient (Wildman–Crippen LogP) is 3.68. The number of rotatable bonds is 6. The predicted molar refractivity (Wildman–Crippen MR) is 80.1 cm³/mol. The van der Waals surface area contributed by atoms with Crippen molar-refractivity contribution in [2.75, 3.05) is 18.4 Å². The van der Waals surface area contributed by atoms with Gasteiger partial charge < -0.3 is 10.6 Å². The third-order valence-electron chi connectivity index (χ3n) is 2.41. The monoisotopic (exact) mass is 332 g/mol. The second kappa shape index (κ2) is 7.64. The van der Waals surface area contributed by atoms with Crippen LogP contribution in [0.1, 0.15) is 20.3 Å². The minimum atomic E-state index is -0.0189. The minimum Gasteiger partial charge on any atom is -0.375 e. The summed E-state index contributed by atoms with van der Waals surface area (Å²) in [5.41, 5.74) is 0.763. The maximum atomic E-state index is 11.6. The summed E-state index contributed by atoms with van der Waals surface area (Å²) in [7, 11) is 0. The fourth-order valence-corrected chi connectivity index (χ4v) is 2.11. The summed E-state index contributed by atoms with van der Waals surface area (Å²) in [5.74, 6) is 0.578. The molecule has 1 amide bonds. The van der Waals surface area contributed by atoms with Crippen LogP contribution in [0.4, 0.5) is 5.69 Å². The molecule has 0 saturated carbocycles. The SMILES string of the molecule is CC(C)CCNC(=O)CNc1ccc(Br)cc1Cl. The third kappa shape index (κ3) is 5.74. The van der Waals surface area contributed by atoms with Gasteiger partial charge in [-0.2, -0.15) is 0 Å². The first-order valence-electron chi connectivity index (χ1n) is 5.94. The van der Waals surface area contributed by atoms with Crippen LogP contribution in [0, 0.1) is 5.92 Å². The molecule has 0 spiro atoms. The van der Waals surface area contributed by atoms with Crippen LogP contribution in [0.2, 0.25) is 5.02 Å². The molecule has 0 heterocycles. The van der Waals surface area contributed by atoms with Crippen molar-refractivity contribution in [3.63, 3.8) is 0 Å². The Labute approximate surface area is 121 Å². The highest BCUT2D eigenvalue weighted by atomic mass is 79.9. The number of halogens is 2. The van der Waals surface area contributed by atoms with Gasteiger partial charge in [-0.3, -0.25) is 4.79 Å². The number of benzene rings is 1. The van der Waals surface area contributed by atoms with Crippen LogP contribution in [0.25, 0.3) is 0 Å². The van der Waals surface area contributed by atoms with Gasteiger partial charge in [-0.15, -0.1) is 0 Å². The zero-order valence-corrected chi connectivity index (χ0v) is 12.9. The first-order valence-corrected chi connectivity index (χ1v) is 7.11. The van der Waals surface area contributed by atoms with Gasteiger partial charge in [0.2, 0.25) is 5.91 Å². The molecule has 1 aromatic carbocycles. The van der Waals surface area contributed by atoms with Crippen LogP contribution in [-0.4, -0.2) is 19.0 Å². The summed E-state index contributed by atoms with van der Waals surface area (Å²) < 4.78 is 0.916. The van der Waals surface area contributed by atoms with Crippen LogP contribution in [0.15, 0.2) is 22.7 Å². The molecule has 0 unspecified atom stereocenters. The molecule has 0 bridgehead atoms. The van der Waals surface area contributed by atoms with Gasteiger partial charge in [-0.05, 0) is 30.5 Å². The molecule has 2 N–H and O–H groups in total. The molecule has 1 rings (SSSR count). The van der Waals surface area contributed by atoms with E-state index in [0.29, 0.717) is 17.5 Å². The van der Waals surface area contributed by atoms with Crippen molar-refractivity contribution in [2.45, 2.75) is 20.3 Å². The summed E-state index contributed by atoms with van der Waals surface area (Å²) in [6.07, 6.45) is 0.991. The van der Waals surface area contributed by atoms with Gasteiger partial charge in [0, 0.05) is 11.0 Å².